The molecule has 0 spiro atoms. The standard InChI is InChI=1S/C3H6Cl3NO/c1-8-2(7)3(4,5)6/h2H,7H2,1H3. The normalized spacial score (nSPS) is 16.1. The quantitative estimate of drug-likeness (QED) is 0.485. The number of alkyl halides is 3. The van der Waals surface area contributed by atoms with Gasteiger partial charge in [-0.3, -0.25) is 0 Å². The predicted octanol–water partition coefficient (Wildman–Crippen LogP) is 1.29. The lowest BCUT2D eigenvalue weighted by Crippen LogP contribution is -2.36. The molecule has 1 unspecified atom stereocenters. The van der Waals surface area contributed by atoms with Crippen molar-refractivity contribution in [1.29, 1.82) is 0 Å². The second-order valence-electron chi connectivity index (χ2n) is 1.20. The van der Waals surface area contributed by atoms with Crippen molar-refractivity contribution in [3.63, 3.8) is 0 Å². The van der Waals surface area contributed by atoms with Crippen LogP contribution < -0.4 is 5.73 Å². The van der Waals surface area contributed by atoms with Crippen LogP contribution >= 0.6 is 34.8 Å². The summed E-state index contributed by atoms with van der Waals surface area (Å²) in [6, 6.07) is 0. The third kappa shape index (κ3) is 2.95. The fourth-order valence-electron chi connectivity index (χ4n) is 0.134. The Morgan fingerprint density at radius 2 is 1.88 bits per heavy atom. The maximum atomic E-state index is 5.26. The summed E-state index contributed by atoms with van der Waals surface area (Å²) in [5.41, 5.74) is 5.13. The van der Waals surface area contributed by atoms with Gasteiger partial charge in [0.25, 0.3) is 0 Å². The van der Waals surface area contributed by atoms with Crippen molar-refractivity contribution in [2.24, 2.45) is 5.73 Å². The van der Waals surface area contributed by atoms with E-state index in [1.165, 1.54) is 7.11 Å². The number of rotatable bonds is 1. The van der Waals surface area contributed by atoms with Gasteiger partial charge in [0.2, 0.25) is 3.79 Å². The molecular weight excluding hydrogens is 172 g/mol. The van der Waals surface area contributed by atoms with E-state index >= 15 is 0 Å². The van der Waals surface area contributed by atoms with E-state index in [-0.39, 0.29) is 0 Å². The van der Waals surface area contributed by atoms with E-state index in [1.807, 2.05) is 0 Å². The molecule has 0 saturated carbocycles. The molecule has 0 saturated heterocycles. The van der Waals surface area contributed by atoms with E-state index in [2.05, 4.69) is 4.74 Å². The summed E-state index contributed by atoms with van der Waals surface area (Å²) in [7, 11) is 1.37. The van der Waals surface area contributed by atoms with Crippen LogP contribution in [0.1, 0.15) is 0 Å². The van der Waals surface area contributed by atoms with Crippen molar-refractivity contribution in [3.05, 3.63) is 0 Å². The van der Waals surface area contributed by atoms with Gasteiger partial charge in [-0.25, -0.2) is 0 Å². The summed E-state index contributed by atoms with van der Waals surface area (Å²) in [5.74, 6) is 0. The summed E-state index contributed by atoms with van der Waals surface area (Å²) in [6.45, 7) is 0. The van der Waals surface area contributed by atoms with Gasteiger partial charge in [-0.05, 0) is 0 Å². The topological polar surface area (TPSA) is 35.2 Å². The molecule has 50 valence electrons. The lowest BCUT2D eigenvalue weighted by molar-refractivity contribution is 0.112. The molecular formula is C3H6Cl3NO. The Morgan fingerprint density at radius 3 is 1.88 bits per heavy atom. The highest BCUT2D eigenvalue weighted by Gasteiger charge is 2.28. The summed E-state index contributed by atoms with van der Waals surface area (Å²) in [4.78, 5) is 0. The van der Waals surface area contributed by atoms with Crippen LogP contribution in [-0.2, 0) is 4.74 Å². The third-order valence-corrected chi connectivity index (χ3v) is 1.22. The summed E-state index contributed by atoms with van der Waals surface area (Å²) in [5, 5.41) is 0. The first-order chi connectivity index (χ1) is 3.48. The average Bonchev–Trinajstić information content (AvgIpc) is 1.62. The first kappa shape index (κ1) is 8.79. The lowest BCUT2D eigenvalue weighted by Gasteiger charge is -2.17. The van der Waals surface area contributed by atoms with Crippen LogP contribution in [0.5, 0.6) is 0 Å². The molecule has 2 N–H and O–H groups in total. The molecule has 0 radical (unpaired) electrons. The highest BCUT2D eigenvalue weighted by Crippen LogP contribution is 2.28. The second-order valence-corrected chi connectivity index (χ2v) is 3.57. The molecule has 8 heavy (non-hydrogen) atoms. The van der Waals surface area contributed by atoms with Crippen molar-refractivity contribution in [1.82, 2.24) is 0 Å². The Morgan fingerprint density at radius 1 is 1.50 bits per heavy atom. The van der Waals surface area contributed by atoms with Gasteiger partial charge in [0, 0.05) is 7.11 Å². The Kier molecular flexibility index (Phi) is 3.39. The molecule has 0 bridgehead atoms. The van der Waals surface area contributed by atoms with E-state index in [9.17, 15) is 0 Å². The Hall–Kier alpha value is 0.790. The average molecular weight is 178 g/mol. The van der Waals surface area contributed by atoms with Crippen molar-refractivity contribution in [3.8, 4) is 0 Å². The minimum absolute atomic E-state index is 0.854. The van der Waals surface area contributed by atoms with E-state index in [0.717, 1.165) is 0 Å². The zero-order valence-corrected chi connectivity index (χ0v) is 6.46. The number of nitrogens with two attached hydrogens (primary N) is 1. The molecule has 0 aromatic rings. The Bertz CT molecular complexity index is 71.4. The molecule has 5 heteroatoms. The van der Waals surface area contributed by atoms with Crippen LogP contribution in [0.2, 0.25) is 0 Å². The van der Waals surface area contributed by atoms with Crippen LogP contribution in [0.25, 0.3) is 0 Å². The van der Waals surface area contributed by atoms with Gasteiger partial charge >= 0.3 is 0 Å². The lowest BCUT2D eigenvalue weighted by atomic mass is 10.7. The van der Waals surface area contributed by atoms with Gasteiger partial charge in [0.1, 0.15) is 0 Å². The largest absolute Gasteiger partial charge is 0.362 e. The van der Waals surface area contributed by atoms with Crippen molar-refractivity contribution >= 4 is 34.8 Å². The van der Waals surface area contributed by atoms with Gasteiger partial charge in [-0.15, -0.1) is 0 Å². The highest BCUT2D eigenvalue weighted by atomic mass is 35.6. The van der Waals surface area contributed by atoms with Crippen LogP contribution in [0, 0.1) is 0 Å². The summed E-state index contributed by atoms with van der Waals surface area (Å²) >= 11 is 15.8. The Balaban J connectivity index is 3.62. The highest BCUT2D eigenvalue weighted by molar-refractivity contribution is 6.68. The molecule has 0 fully saturated rings. The van der Waals surface area contributed by atoms with Crippen LogP contribution in [0.3, 0.4) is 0 Å². The molecule has 0 heterocycles. The fraction of sp³-hybridized carbons (Fsp3) is 1.00. The third-order valence-electron chi connectivity index (χ3n) is 0.577. The number of halogens is 3. The smallest absolute Gasteiger partial charge is 0.229 e. The fourth-order valence-corrected chi connectivity index (χ4v) is 0.401. The van der Waals surface area contributed by atoms with Crippen molar-refractivity contribution in [2.45, 2.75) is 10.0 Å². The summed E-state index contributed by atoms with van der Waals surface area (Å²) < 4.78 is 2.98. The zero-order chi connectivity index (χ0) is 6.78. The molecule has 0 aliphatic rings. The molecule has 0 amide bonds. The van der Waals surface area contributed by atoms with E-state index < -0.39 is 10.0 Å². The van der Waals surface area contributed by atoms with Crippen molar-refractivity contribution in [2.75, 3.05) is 7.11 Å². The zero-order valence-electron chi connectivity index (χ0n) is 4.20. The molecule has 0 aliphatic heterocycles. The maximum absolute atomic E-state index is 5.26. The maximum Gasteiger partial charge on any atom is 0.229 e. The first-order valence-corrected chi connectivity index (χ1v) is 2.97. The number of methoxy groups -OCH3 is 1. The Labute approximate surface area is 62.8 Å². The van der Waals surface area contributed by atoms with E-state index in [4.69, 9.17) is 40.5 Å². The summed E-state index contributed by atoms with van der Waals surface area (Å²) in [6.07, 6.45) is -0.854. The van der Waals surface area contributed by atoms with Crippen LogP contribution in [0.15, 0.2) is 0 Å². The van der Waals surface area contributed by atoms with Gasteiger partial charge in [-0.1, -0.05) is 34.8 Å². The van der Waals surface area contributed by atoms with Gasteiger partial charge in [-0.2, -0.15) is 0 Å². The predicted molar refractivity (Wildman–Crippen MR) is 35.3 cm³/mol. The van der Waals surface area contributed by atoms with Crippen LogP contribution in [0.4, 0.5) is 0 Å². The minimum Gasteiger partial charge on any atom is -0.362 e. The first-order valence-electron chi connectivity index (χ1n) is 1.83. The van der Waals surface area contributed by atoms with Crippen LogP contribution in [-0.4, -0.2) is 17.1 Å². The minimum atomic E-state index is -1.52. The molecule has 0 aliphatic carbocycles. The monoisotopic (exact) mass is 177 g/mol. The molecule has 0 aromatic heterocycles. The van der Waals surface area contributed by atoms with E-state index in [1.54, 1.807) is 0 Å². The number of hydrogen-bond acceptors (Lipinski definition) is 2. The number of ether oxygens (including phenoxy) is 1. The number of hydrogen-bond donors (Lipinski definition) is 1. The second kappa shape index (κ2) is 3.08. The molecule has 2 nitrogen and oxygen atoms in total. The van der Waals surface area contributed by atoms with Gasteiger partial charge in [0.05, 0.1) is 0 Å². The van der Waals surface area contributed by atoms with E-state index in [0.29, 0.717) is 0 Å². The van der Waals surface area contributed by atoms with Gasteiger partial charge in [0.15, 0.2) is 6.23 Å². The SMILES string of the molecule is COC(N)C(Cl)(Cl)Cl. The molecule has 1 atom stereocenters. The molecule has 0 aromatic carbocycles. The molecule has 0 rings (SSSR count). The van der Waals surface area contributed by atoms with Crippen molar-refractivity contribution < 1.29 is 4.74 Å². The van der Waals surface area contributed by atoms with Gasteiger partial charge < -0.3 is 10.5 Å².